The molecule has 6 nitrogen and oxygen atoms in total. The molecule has 0 saturated heterocycles. The van der Waals surface area contributed by atoms with Gasteiger partial charge in [0.2, 0.25) is 5.91 Å². The van der Waals surface area contributed by atoms with Crippen molar-refractivity contribution in [1.29, 1.82) is 0 Å². The molecule has 0 aliphatic carbocycles. The molecule has 2 rings (SSSR count). The van der Waals surface area contributed by atoms with E-state index in [9.17, 15) is 4.79 Å². The van der Waals surface area contributed by atoms with Crippen molar-refractivity contribution in [2.45, 2.75) is 6.04 Å². The maximum atomic E-state index is 11.4. The van der Waals surface area contributed by atoms with Gasteiger partial charge < -0.3 is 16.2 Å². The van der Waals surface area contributed by atoms with Crippen LogP contribution in [-0.4, -0.2) is 33.4 Å². The number of para-hydroxylation sites is 1. The van der Waals surface area contributed by atoms with E-state index in [1.165, 1.54) is 0 Å². The highest BCUT2D eigenvalue weighted by atomic mass is 16.3. The molecule has 0 saturated carbocycles. The fourth-order valence-corrected chi connectivity index (χ4v) is 1.42. The predicted molar refractivity (Wildman–Crippen MR) is 67.3 cm³/mol. The Hall–Kier alpha value is -2.18. The van der Waals surface area contributed by atoms with Gasteiger partial charge in [-0.1, -0.05) is 18.2 Å². The number of rotatable bonds is 4. The average Bonchev–Trinajstić information content (AvgIpc) is 2.87. The normalized spacial score (nSPS) is 12.1. The van der Waals surface area contributed by atoms with Crippen molar-refractivity contribution in [2.24, 2.45) is 5.73 Å². The zero-order valence-corrected chi connectivity index (χ0v) is 9.65. The first-order valence-corrected chi connectivity index (χ1v) is 5.49. The molecule has 2 aromatic rings. The molecule has 0 aliphatic heterocycles. The van der Waals surface area contributed by atoms with Gasteiger partial charge in [0.05, 0.1) is 12.3 Å². The van der Waals surface area contributed by atoms with Crippen LogP contribution in [0.25, 0.3) is 5.69 Å². The molecule has 94 valence electrons. The number of aromatic nitrogens is 2. The predicted octanol–water partition coefficient (Wildman–Crippen LogP) is 0.130. The van der Waals surface area contributed by atoms with Crippen LogP contribution in [0.2, 0.25) is 0 Å². The van der Waals surface area contributed by atoms with Gasteiger partial charge in [0.25, 0.3) is 0 Å². The molecule has 0 aliphatic rings. The second kappa shape index (κ2) is 5.44. The number of aliphatic hydroxyl groups excluding tert-OH is 1. The number of carbonyl (C=O) groups excluding carboxylic acids is 1. The first-order chi connectivity index (χ1) is 8.70. The number of hydrogen-bond acceptors (Lipinski definition) is 4. The van der Waals surface area contributed by atoms with E-state index in [4.69, 9.17) is 10.8 Å². The number of amides is 1. The Kier molecular flexibility index (Phi) is 3.71. The fraction of sp³-hybridized carbons (Fsp3) is 0.167. The third-order valence-electron chi connectivity index (χ3n) is 2.39. The SMILES string of the molecule is NC(CO)C(=O)Nc1ccn(-c2ccccc2)n1. The fourth-order valence-electron chi connectivity index (χ4n) is 1.42. The maximum absolute atomic E-state index is 11.4. The van der Waals surface area contributed by atoms with Gasteiger partial charge in [0.15, 0.2) is 5.82 Å². The summed E-state index contributed by atoms with van der Waals surface area (Å²) in [5.41, 5.74) is 6.28. The summed E-state index contributed by atoms with van der Waals surface area (Å²) in [4.78, 5) is 11.4. The largest absolute Gasteiger partial charge is 0.394 e. The lowest BCUT2D eigenvalue weighted by Gasteiger charge is -2.06. The summed E-state index contributed by atoms with van der Waals surface area (Å²) in [6.07, 6.45) is 1.73. The highest BCUT2D eigenvalue weighted by Gasteiger charge is 2.13. The Labute approximate surface area is 104 Å². The van der Waals surface area contributed by atoms with Crippen LogP contribution < -0.4 is 11.1 Å². The van der Waals surface area contributed by atoms with Crippen molar-refractivity contribution in [3.8, 4) is 5.69 Å². The van der Waals surface area contributed by atoms with E-state index in [1.54, 1.807) is 16.9 Å². The number of nitrogens with one attached hydrogen (secondary N) is 1. The molecule has 0 radical (unpaired) electrons. The van der Waals surface area contributed by atoms with E-state index in [0.29, 0.717) is 5.82 Å². The molecule has 1 heterocycles. The van der Waals surface area contributed by atoms with Crippen LogP contribution >= 0.6 is 0 Å². The topological polar surface area (TPSA) is 93.2 Å². The number of nitrogens with two attached hydrogens (primary N) is 1. The Bertz CT molecular complexity index is 524. The zero-order valence-electron chi connectivity index (χ0n) is 9.65. The van der Waals surface area contributed by atoms with Crippen LogP contribution in [0.15, 0.2) is 42.6 Å². The Morgan fingerprint density at radius 1 is 1.39 bits per heavy atom. The standard InChI is InChI=1S/C12H14N4O2/c13-10(8-17)12(18)14-11-6-7-16(15-11)9-4-2-1-3-5-9/h1-7,10,17H,8,13H2,(H,14,15,18). The molecule has 0 spiro atoms. The second-order valence-electron chi connectivity index (χ2n) is 3.76. The van der Waals surface area contributed by atoms with Crippen molar-refractivity contribution >= 4 is 11.7 Å². The Morgan fingerprint density at radius 2 is 2.11 bits per heavy atom. The summed E-state index contributed by atoms with van der Waals surface area (Å²) >= 11 is 0. The van der Waals surface area contributed by atoms with Crippen molar-refractivity contribution < 1.29 is 9.90 Å². The number of carbonyl (C=O) groups is 1. The Morgan fingerprint density at radius 3 is 2.78 bits per heavy atom. The van der Waals surface area contributed by atoms with Gasteiger partial charge in [-0.2, -0.15) is 5.10 Å². The summed E-state index contributed by atoms with van der Waals surface area (Å²) in [6.45, 7) is -0.398. The minimum absolute atomic E-state index is 0.396. The summed E-state index contributed by atoms with van der Waals surface area (Å²) in [5.74, 6) is -0.0661. The van der Waals surface area contributed by atoms with Gasteiger partial charge in [0.1, 0.15) is 6.04 Å². The minimum Gasteiger partial charge on any atom is -0.394 e. The number of aliphatic hydroxyl groups is 1. The summed E-state index contributed by atoms with van der Waals surface area (Å²) in [6, 6.07) is 10.2. The highest BCUT2D eigenvalue weighted by Crippen LogP contribution is 2.09. The zero-order chi connectivity index (χ0) is 13.0. The number of benzene rings is 1. The smallest absolute Gasteiger partial charge is 0.244 e. The summed E-state index contributed by atoms with van der Waals surface area (Å²) in [7, 11) is 0. The summed E-state index contributed by atoms with van der Waals surface area (Å²) in [5, 5.41) is 15.5. The van der Waals surface area contributed by atoms with Crippen molar-refractivity contribution in [1.82, 2.24) is 9.78 Å². The van der Waals surface area contributed by atoms with Gasteiger partial charge in [-0.25, -0.2) is 4.68 Å². The van der Waals surface area contributed by atoms with Crippen LogP contribution in [0, 0.1) is 0 Å². The van der Waals surface area contributed by atoms with Gasteiger partial charge in [-0.05, 0) is 12.1 Å². The average molecular weight is 246 g/mol. The third-order valence-corrected chi connectivity index (χ3v) is 2.39. The van der Waals surface area contributed by atoms with Crippen LogP contribution in [0.5, 0.6) is 0 Å². The number of anilines is 1. The molecule has 0 fully saturated rings. The quantitative estimate of drug-likeness (QED) is 0.715. The third kappa shape index (κ3) is 2.73. The van der Waals surface area contributed by atoms with Gasteiger partial charge in [-0.15, -0.1) is 0 Å². The molecule has 1 aromatic heterocycles. The second-order valence-corrected chi connectivity index (χ2v) is 3.76. The molecule has 4 N–H and O–H groups in total. The van der Waals surface area contributed by atoms with E-state index in [2.05, 4.69) is 10.4 Å². The van der Waals surface area contributed by atoms with Crippen LogP contribution in [0.1, 0.15) is 0 Å². The lowest BCUT2D eigenvalue weighted by Crippen LogP contribution is -2.38. The molecule has 1 aromatic carbocycles. The van der Waals surface area contributed by atoms with Gasteiger partial charge >= 0.3 is 0 Å². The van der Waals surface area contributed by atoms with Crippen molar-refractivity contribution in [3.05, 3.63) is 42.6 Å². The van der Waals surface area contributed by atoms with Crippen LogP contribution in [0.4, 0.5) is 5.82 Å². The minimum atomic E-state index is -0.938. The molecule has 18 heavy (non-hydrogen) atoms. The van der Waals surface area contributed by atoms with E-state index < -0.39 is 18.6 Å². The van der Waals surface area contributed by atoms with E-state index in [0.717, 1.165) is 5.69 Å². The van der Waals surface area contributed by atoms with Gasteiger partial charge in [-0.3, -0.25) is 4.79 Å². The maximum Gasteiger partial charge on any atom is 0.244 e. The van der Waals surface area contributed by atoms with Crippen molar-refractivity contribution in [2.75, 3.05) is 11.9 Å². The van der Waals surface area contributed by atoms with Crippen LogP contribution in [-0.2, 0) is 4.79 Å². The molecule has 1 amide bonds. The molecular weight excluding hydrogens is 232 g/mol. The number of hydrogen-bond donors (Lipinski definition) is 3. The highest BCUT2D eigenvalue weighted by molar-refractivity contribution is 5.93. The van der Waals surface area contributed by atoms with Gasteiger partial charge in [0, 0.05) is 12.3 Å². The monoisotopic (exact) mass is 246 g/mol. The van der Waals surface area contributed by atoms with E-state index >= 15 is 0 Å². The first kappa shape index (κ1) is 12.3. The molecule has 6 heteroatoms. The molecule has 1 unspecified atom stereocenters. The summed E-state index contributed by atoms with van der Waals surface area (Å²) < 4.78 is 1.64. The van der Waals surface area contributed by atoms with E-state index in [1.807, 2.05) is 30.3 Å². The Balaban J connectivity index is 2.10. The van der Waals surface area contributed by atoms with Crippen LogP contribution in [0.3, 0.4) is 0 Å². The van der Waals surface area contributed by atoms with Crippen molar-refractivity contribution in [3.63, 3.8) is 0 Å². The number of nitrogens with zero attached hydrogens (tertiary/aromatic N) is 2. The lowest BCUT2D eigenvalue weighted by atomic mass is 10.3. The molecule has 1 atom stereocenters. The molecular formula is C12H14N4O2. The lowest BCUT2D eigenvalue weighted by molar-refractivity contribution is -0.118. The first-order valence-electron chi connectivity index (χ1n) is 5.49. The van der Waals surface area contributed by atoms with E-state index in [-0.39, 0.29) is 0 Å². The molecule has 0 bridgehead atoms.